The van der Waals surface area contributed by atoms with E-state index in [1.54, 1.807) is 24.3 Å². The summed E-state index contributed by atoms with van der Waals surface area (Å²) in [6, 6.07) is 7.08. The van der Waals surface area contributed by atoms with E-state index in [1.807, 2.05) is 20.8 Å². The van der Waals surface area contributed by atoms with E-state index in [2.05, 4.69) is 16.0 Å². The molecule has 2 rings (SSSR count). The van der Waals surface area contributed by atoms with Crippen LogP contribution in [-0.2, 0) is 4.79 Å². The molecule has 1 fully saturated rings. The monoisotopic (exact) mass is 289 g/mol. The smallest absolute Gasteiger partial charge is 0.251 e. The molecule has 5 heteroatoms. The van der Waals surface area contributed by atoms with Gasteiger partial charge >= 0.3 is 0 Å². The number of benzene rings is 1. The maximum atomic E-state index is 12.3. The van der Waals surface area contributed by atoms with Crippen LogP contribution in [-0.4, -0.2) is 30.9 Å². The summed E-state index contributed by atoms with van der Waals surface area (Å²) >= 11 is 0. The lowest BCUT2D eigenvalue weighted by molar-refractivity contribution is -0.123. The average Bonchev–Trinajstić information content (AvgIpc) is 2.87. The molecule has 1 aliphatic heterocycles. The first kappa shape index (κ1) is 15.5. The number of hydrogen-bond acceptors (Lipinski definition) is 3. The van der Waals surface area contributed by atoms with Crippen molar-refractivity contribution in [2.24, 2.45) is 5.41 Å². The third-order valence-corrected chi connectivity index (χ3v) is 3.74. The Kier molecular flexibility index (Phi) is 4.63. The number of amides is 2. The van der Waals surface area contributed by atoms with E-state index in [0.717, 1.165) is 13.0 Å². The summed E-state index contributed by atoms with van der Waals surface area (Å²) < 4.78 is 0. The SMILES string of the molecule is CC(C)NC(=O)c1ccc(NC(=O)C2(C)CCNC2)cc1. The second kappa shape index (κ2) is 6.26. The van der Waals surface area contributed by atoms with Crippen LogP contribution in [0.3, 0.4) is 0 Å². The molecule has 0 aromatic heterocycles. The molecule has 21 heavy (non-hydrogen) atoms. The molecule has 2 amide bonds. The number of nitrogens with one attached hydrogen (secondary N) is 3. The van der Waals surface area contributed by atoms with Crippen LogP contribution in [0.1, 0.15) is 37.6 Å². The predicted molar refractivity (Wildman–Crippen MR) is 83.3 cm³/mol. The lowest BCUT2D eigenvalue weighted by Crippen LogP contribution is -2.35. The van der Waals surface area contributed by atoms with Crippen molar-refractivity contribution in [3.05, 3.63) is 29.8 Å². The van der Waals surface area contributed by atoms with Crippen LogP contribution in [0.2, 0.25) is 0 Å². The highest BCUT2D eigenvalue weighted by molar-refractivity contribution is 5.97. The summed E-state index contributed by atoms with van der Waals surface area (Å²) in [4.78, 5) is 24.1. The van der Waals surface area contributed by atoms with E-state index in [1.165, 1.54) is 0 Å². The van der Waals surface area contributed by atoms with Crippen molar-refractivity contribution in [2.75, 3.05) is 18.4 Å². The molecule has 1 aromatic carbocycles. The van der Waals surface area contributed by atoms with Crippen molar-refractivity contribution < 1.29 is 9.59 Å². The fraction of sp³-hybridized carbons (Fsp3) is 0.500. The quantitative estimate of drug-likeness (QED) is 0.791. The molecular formula is C16H23N3O2. The first-order chi connectivity index (χ1) is 9.90. The van der Waals surface area contributed by atoms with Gasteiger partial charge in [0, 0.05) is 23.8 Å². The van der Waals surface area contributed by atoms with E-state index in [-0.39, 0.29) is 23.3 Å². The van der Waals surface area contributed by atoms with Crippen molar-refractivity contribution in [3.8, 4) is 0 Å². The molecule has 0 radical (unpaired) electrons. The Hall–Kier alpha value is -1.88. The molecule has 0 saturated carbocycles. The zero-order valence-electron chi connectivity index (χ0n) is 12.8. The van der Waals surface area contributed by atoms with Crippen LogP contribution >= 0.6 is 0 Å². The standard InChI is InChI=1S/C16H23N3O2/c1-11(2)18-14(20)12-4-6-13(7-5-12)19-15(21)16(3)8-9-17-10-16/h4-7,11,17H,8-10H2,1-3H3,(H,18,20)(H,19,21). The van der Waals surface area contributed by atoms with Gasteiger partial charge in [-0.25, -0.2) is 0 Å². The molecule has 0 aliphatic carbocycles. The van der Waals surface area contributed by atoms with Gasteiger partial charge in [-0.2, -0.15) is 0 Å². The lowest BCUT2D eigenvalue weighted by Gasteiger charge is -2.21. The third kappa shape index (κ3) is 3.82. The number of carbonyl (C=O) groups is 2. The van der Waals surface area contributed by atoms with Gasteiger partial charge in [0.15, 0.2) is 0 Å². The molecule has 1 heterocycles. The second-order valence-electron chi connectivity index (χ2n) is 6.15. The molecule has 114 valence electrons. The molecule has 1 saturated heterocycles. The first-order valence-electron chi connectivity index (χ1n) is 7.34. The van der Waals surface area contributed by atoms with Crippen LogP contribution in [0.25, 0.3) is 0 Å². The maximum Gasteiger partial charge on any atom is 0.251 e. The maximum absolute atomic E-state index is 12.3. The van der Waals surface area contributed by atoms with Crippen molar-refractivity contribution in [1.82, 2.24) is 10.6 Å². The Balaban J connectivity index is 1.99. The molecule has 3 N–H and O–H groups in total. The van der Waals surface area contributed by atoms with Crippen LogP contribution in [0.15, 0.2) is 24.3 Å². The van der Waals surface area contributed by atoms with Gasteiger partial charge in [-0.3, -0.25) is 9.59 Å². The zero-order valence-corrected chi connectivity index (χ0v) is 12.8. The van der Waals surface area contributed by atoms with E-state index in [0.29, 0.717) is 17.8 Å². The Bertz CT molecular complexity index is 517. The summed E-state index contributed by atoms with van der Waals surface area (Å²) in [7, 11) is 0. The fourth-order valence-electron chi connectivity index (χ4n) is 2.34. The number of carbonyl (C=O) groups excluding carboxylic acids is 2. The van der Waals surface area contributed by atoms with Crippen molar-refractivity contribution in [1.29, 1.82) is 0 Å². The summed E-state index contributed by atoms with van der Waals surface area (Å²) in [6.45, 7) is 7.38. The third-order valence-electron chi connectivity index (χ3n) is 3.74. The van der Waals surface area contributed by atoms with Crippen molar-refractivity contribution in [3.63, 3.8) is 0 Å². The Morgan fingerprint density at radius 1 is 1.24 bits per heavy atom. The summed E-state index contributed by atoms with van der Waals surface area (Å²) in [6.07, 6.45) is 0.841. The summed E-state index contributed by atoms with van der Waals surface area (Å²) in [5.74, 6) is -0.0817. The highest BCUT2D eigenvalue weighted by Gasteiger charge is 2.36. The highest BCUT2D eigenvalue weighted by Crippen LogP contribution is 2.26. The molecular weight excluding hydrogens is 266 g/mol. The van der Waals surface area contributed by atoms with Gasteiger partial charge in [0.2, 0.25) is 5.91 Å². The largest absolute Gasteiger partial charge is 0.350 e. The van der Waals surface area contributed by atoms with Gasteiger partial charge in [0.1, 0.15) is 0 Å². The minimum Gasteiger partial charge on any atom is -0.350 e. The van der Waals surface area contributed by atoms with Crippen molar-refractivity contribution >= 4 is 17.5 Å². The van der Waals surface area contributed by atoms with Crippen LogP contribution in [0.5, 0.6) is 0 Å². The first-order valence-corrected chi connectivity index (χ1v) is 7.34. The Morgan fingerprint density at radius 3 is 2.43 bits per heavy atom. The minimum atomic E-state index is -0.353. The Labute approximate surface area is 125 Å². The van der Waals surface area contributed by atoms with Gasteiger partial charge in [-0.1, -0.05) is 0 Å². The predicted octanol–water partition coefficient (Wildman–Crippen LogP) is 1.76. The summed E-state index contributed by atoms with van der Waals surface area (Å²) in [5.41, 5.74) is 0.956. The molecule has 5 nitrogen and oxygen atoms in total. The number of hydrogen-bond donors (Lipinski definition) is 3. The van der Waals surface area contributed by atoms with E-state index in [4.69, 9.17) is 0 Å². The minimum absolute atomic E-state index is 0.0203. The van der Waals surface area contributed by atoms with E-state index < -0.39 is 0 Å². The summed E-state index contributed by atoms with van der Waals surface area (Å²) in [5, 5.41) is 8.96. The molecule has 1 aliphatic rings. The Morgan fingerprint density at radius 2 is 1.90 bits per heavy atom. The van der Waals surface area contributed by atoms with Crippen LogP contribution in [0, 0.1) is 5.41 Å². The molecule has 0 bridgehead atoms. The second-order valence-corrected chi connectivity index (χ2v) is 6.15. The van der Waals surface area contributed by atoms with E-state index >= 15 is 0 Å². The number of rotatable bonds is 4. The topological polar surface area (TPSA) is 70.2 Å². The van der Waals surface area contributed by atoms with Gasteiger partial charge in [0.25, 0.3) is 5.91 Å². The van der Waals surface area contributed by atoms with Crippen LogP contribution in [0.4, 0.5) is 5.69 Å². The molecule has 1 unspecified atom stereocenters. The highest BCUT2D eigenvalue weighted by atomic mass is 16.2. The van der Waals surface area contributed by atoms with Crippen LogP contribution < -0.4 is 16.0 Å². The molecule has 1 aromatic rings. The zero-order chi connectivity index (χ0) is 15.5. The molecule has 0 spiro atoms. The van der Waals surface area contributed by atoms with Gasteiger partial charge < -0.3 is 16.0 Å². The van der Waals surface area contributed by atoms with Gasteiger partial charge in [-0.05, 0) is 58.0 Å². The van der Waals surface area contributed by atoms with Gasteiger partial charge in [-0.15, -0.1) is 0 Å². The van der Waals surface area contributed by atoms with E-state index in [9.17, 15) is 9.59 Å². The van der Waals surface area contributed by atoms with Crippen molar-refractivity contribution in [2.45, 2.75) is 33.2 Å². The van der Waals surface area contributed by atoms with Gasteiger partial charge in [0.05, 0.1) is 5.41 Å². The fourth-order valence-corrected chi connectivity index (χ4v) is 2.34. The lowest BCUT2D eigenvalue weighted by atomic mass is 9.89. The average molecular weight is 289 g/mol. The molecule has 1 atom stereocenters. The number of anilines is 1. The normalized spacial score (nSPS) is 21.3.